The van der Waals surface area contributed by atoms with Gasteiger partial charge in [0, 0.05) is 19.3 Å². The standard InChI is InChI=1S/C22H30O8/c1-5-9-13(23)16-18(22(28)29-12-8-4)17(14(24)10-6-2)21(20(27)19(16)26)30-15(25)11-7-3/h26-27H,5-12H2,1-4H3. The van der Waals surface area contributed by atoms with E-state index >= 15 is 0 Å². The van der Waals surface area contributed by atoms with Crippen LogP contribution < -0.4 is 4.74 Å². The average molecular weight is 422 g/mol. The first-order valence-corrected chi connectivity index (χ1v) is 10.3. The number of Topliss-reactive ketones (excluding diaryl/α,β-unsaturated/α-hetero) is 2. The Morgan fingerprint density at radius 1 is 0.700 bits per heavy atom. The average Bonchev–Trinajstić information content (AvgIpc) is 2.69. The van der Waals surface area contributed by atoms with Crippen LogP contribution in [0.4, 0.5) is 0 Å². The van der Waals surface area contributed by atoms with Gasteiger partial charge in [0.25, 0.3) is 0 Å². The van der Waals surface area contributed by atoms with Gasteiger partial charge in [-0.25, -0.2) is 4.79 Å². The van der Waals surface area contributed by atoms with Crippen molar-refractivity contribution in [3.05, 3.63) is 16.7 Å². The topological polar surface area (TPSA) is 127 Å². The lowest BCUT2D eigenvalue weighted by molar-refractivity contribution is -0.134. The fourth-order valence-corrected chi connectivity index (χ4v) is 2.88. The molecule has 0 aliphatic carbocycles. The molecule has 0 amide bonds. The van der Waals surface area contributed by atoms with Gasteiger partial charge in [-0.1, -0.05) is 27.7 Å². The van der Waals surface area contributed by atoms with E-state index in [1.807, 2.05) is 0 Å². The molecule has 0 bridgehead atoms. The summed E-state index contributed by atoms with van der Waals surface area (Å²) in [7, 11) is 0. The van der Waals surface area contributed by atoms with E-state index in [4.69, 9.17) is 9.47 Å². The zero-order chi connectivity index (χ0) is 22.8. The minimum absolute atomic E-state index is 0.00621. The Bertz CT molecular complexity index is 810. The maximum absolute atomic E-state index is 12.9. The van der Waals surface area contributed by atoms with E-state index in [0.717, 1.165) is 0 Å². The van der Waals surface area contributed by atoms with Gasteiger partial charge in [0.05, 0.1) is 23.3 Å². The van der Waals surface area contributed by atoms with Crippen molar-refractivity contribution in [2.75, 3.05) is 6.61 Å². The number of carbonyl (C=O) groups is 4. The Kier molecular flexibility index (Phi) is 10.0. The molecule has 0 spiro atoms. The number of phenols is 2. The van der Waals surface area contributed by atoms with Crippen LogP contribution in [0.5, 0.6) is 17.2 Å². The minimum atomic E-state index is -1.00. The summed E-state index contributed by atoms with van der Waals surface area (Å²) in [6, 6.07) is 0. The van der Waals surface area contributed by atoms with Crippen molar-refractivity contribution < 1.29 is 38.9 Å². The number of hydrogen-bond acceptors (Lipinski definition) is 8. The summed E-state index contributed by atoms with van der Waals surface area (Å²) in [6.45, 7) is 6.99. The number of carbonyl (C=O) groups excluding carboxylic acids is 4. The van der Waals surface area contributed by atoms with E-state index in [1.165, 1.54) is 0 Å². The quantitative estimate of drug-likeness (QED) is 0.220. The molecule has 30 heavy (non-hydrogen) atoms. The molecule has 0 saturated carbocycles. The Morgan fingerprint density at radius 3 is 1.73 bits per heavy atom. The fraction of sp³-hybridized carbons (Fsp3) is 0.545. The molecule has 0 radical (unpaired) electrons. The Labute approximate surface area is 176 Å². The highest BCUT2D eigenvalue weighted by molar-refractivity contribution is 6.17. The third-order valence-corrected chi connectivity index (χ3v) is 4.23. The number of phenolic OH excluding ortho intramolecular Hbond substituents is 2. The van der Waals surface area contributed by atoms with Gasteiger partial charge in [0.2, 0.25) is 5.75 Å². The zero-order valence-electron chi connectivity index (χ0n) is 18.0. The molecule has 0 aliphatic rings. The number of hydrogen-bond donors (Lipinski definition) is 2. The molecule has 2 N–H and O–H groups in total. The van der Waals surface area contributed by atoms with Gasteiger partial charge in [-0.3, -0.25) is 14.4 Å². The lowest BCUT2D eigenvalue weighted by Gasteiger charge is -2.19. The Morgan fingerprint density at radius 2 is 1.23 bits per heavy atom. The van der Waals surface area contributed by atoms with Crippen LogP contribution in [0.3, 0.4) is 0 Å². The van der Waals surface area contributed by atoms with Crippen LogP contribution in [0.25, 0.3) is 0 Å². The van der Waals surface area contributed by atoms with Gasteiger partial charge in [0.15, 0.2) is 23.1 Å². The lowest BCUT2D eigenvalue weighted by Crippen LogP contribution is -2.21. The lowest BCUT2D eigenvalue weighted by atomic mass is 9.90. The van der Waals surface area contributed by atoms with E-state index in [1.54, 1.807) is 27.7 Å². The molecule has 0 atom stereocenters. The van der Waals surface area contributed by atoms with Crippen LogP contribution in [-0.2, 0) is 9.53 Å². The van der Waals surface area contributed by atoms with Crippen molar-refractivity contribution in [3.8, 4) is 17.2 Å². The second-order valence-corrected chi connectivity index (χ2v) is 6.86. The SMILES string of the molecule is CCCOC(=O)c1c(C(=O)CCC)c(O)c(O)c(OC(=O)CCC)c1C(=O)CCC. The van der Waals surface area contributed by atoms with E-state index in [0.29, 0.717) is 25.7 Å². The van der Waals surface area contributed by atoms with Gasteiger partial charge in [-0.2, -0.15) is 0 Å². The van der Waals surface area contributed by atoms with Crippen molar-refractivity contribution in [3.63, 3.8) is 0 Å². The predicted molar refractivity (Wildman–Crippen MR) is 109 cm³/mol. The van der Waals surface area contributed by atoms with Crippen LogP contribution in [0, 0.1) is 0 Å². The summed E-state index contributed by atoms with van der Waals surface area (Å²) in [4.78, 5) is 50.5. The molecule has 8 nitrogen and oxygen atoms in total. The third kappa shape index (κ3) is 5.81. The largest absolute Gasteiger partial charge is 0.504 e. The molecule has 1 aromatic rings. The summed E-state index contributed by atoms with van der Waals surface area (Å²) in [5, 5.41) is 21.0. The molecular formula is C22H30O8. The zero-order valence-corrected chi connectivity index (χ0v) is 18.0. The van der Waals surface area contributed by atoms with Crippen LogP contribution in [-0.4, -0.2) is 40.3 Å². The number of rotatable bonds is 12. The number of benzene rings is 1. The van der Waals surface area contributed by atoms with Crippen molar-refractivity contribution >= 4 is 23.5 Å². The molecule has 0 heterocycles. The maximum atomic E-state index is 12.9. The Hall–Kier alpha value is -2.90. The second kappa shape index (κ2) is 11.9. The molecule has 8 heteroatoms. The predicted octanol–water partition coefficient (Wildman–Crippen LogP) is 4.34. The van der Waals surface area contributed by atoms with E-state index in [2.05, 4.69) is 0 Å². The summed E-state index contributed by atoms with van der Waals surface area (Å²) in [5.74, 6) is -5.46. The molecule has 0 aromatic heterocycles. The van der Waals surface area contributed by atoms with Crippen molar-refractivity contribution in [2.24, 2.45) is 0 Å². The fourth-order valence-electron chi connectivity index (χ4n) is 2.88. The monoisotopic (exact) mass is 422 g/mol. The van der Waals surface area contributed by atoms with Crippen molar-refractivity contribution in [1.82, 2.24) is 0 Å². The summed E-state index contributed by atoms with van der Waals surface area (Å²) < 4.78 is 10.3. The minimum Gasteiger partial charge on any atom is -0.504 e. The molecule has 0 aliphatic heterocycles. The van der Waals surface area contributed by atoms with Gasteiger partial charge < -0.3 is 19.7 Å². The van der Waals surface area contributed by atoms with Crippen LogP contribution in [0.2, 0.25) is 0 Å². The van der Waals surface area contributed by atoms with Gasteiger partial charge in [-0.05, 0) is 25.7 Å². The number of ether oxygens (including phenoxy) is 2. The third-order valence-electron chi connectivity index (χ3n) is 4.23. The van der Waals surface area contributed by atoms with Crippen molar-refractivity contribution in [1.29, 1.82) is 0 Å². The molecule has 166 valence electrons. The molecule has 1 aromatic carbocycles. The maximum Gasteiger partial charge on any atom is 0.339 e. The first-order valence-electron chi connectivity index (χ1n) is 10.3. The summed E-state index contributed by atoms with van der Waals surface area (Å²) >= 11 is 0. The first kappa shape index (κ1) is 25.1. The van der Waals surface area contributed by atoms with Crippen LogP contribution in [0.1, 0.15) is 104 Å². The molecule has 0 unspecified atom stereocenters. The highest BCUT2D eigenvalue weighted by atomic mass is 16.5. The molecule has 0 fully saturated rings. The number of esters is 2. The normalized spacial score (nSPS) is 10.5. The molecular weight excluding hydrogens is 392 g/mol. The second-order valence-electron chi connectivity index (χ2n) is 6.86. The highest BCUT2D eigenvalue weighted by Crippen LogP contribution is 2.45. The van der Waals surface area contributed by atoms with E-state index in [-0.39, 0.29) is 25.9 Å². The van der Waals surface area contributed by atoms with Gasteiger partial charge in [-0.15, -0.1) is 0 Å². The van der Waals surface area contributed by atoms with Crippen LogP contribution in [0.15, 0.2) is 0 Å². The van der Waals surface area contributed by atoms with Crippen LogP contribution >= 0.6 is 0 Å². The smallest absolute Gasteiger partial charge is 0.339 e. The van der Waals surface area contributed by atoms with E-state index < -0.39 is 57.4 Å². The number of ketones is 2. The van der Waals surface area contributed by atoms with Crippen molar-refractivity contribution in [2.45, 2.75) is 72.6 Å². The van der Waals surface area contributed by atoms with Gasteiger partial charge >= 0.3 is 11.9 Å². The Balaban J connectivity index is 3.91. The number of aromatic hydroxyl groups is 2. The highest BCUT2D eigenvalue weighted by Gasteiger charge is 2.35. The molecule has 1 rings (SSSR count). The van der Waals surface area contributed by atoms with Gasteiger partial charge in [0.1, 0.15) is 0 Å². The van der Waals surface area contributed by atoms with E-state index in [9.17, 15) is 29.4 Å². The first-order chi connectivity index (χ1) is 14.2. The molecule has 0 saturated heterocycles. The summed E-state index contributed by atoms with van der Waals surface area (Å²) in [6.07, 6.45) is 1.69. The summed E-state index contributed by atoms with van der Waals surface area (Å²) in [5.41, 5.74) is -1.39.